The fourth-order valence-electron chi connectivity index (χ4n) is 3.53. The third kappa shape index (κ3) is 5.25. The van der Waals surface area contributed by atoms with Crippen molar-refractivity contribution >= 4 is 22.9 Å². The third-order valence-corrected chi connectivity index (χ3v) is 6.10. The second-order valence-electron chi connectivity index (χ2n) is 8.06. The number of thiazole rings is 1. The zero-order valence-corrected chi connectivity index (χ0v) is 19.8. The molecule has 164 valence electrons. The average Bonchev–Trinajstić information content (AvgIpc) is 3.21. The van der Waals surface area contributed by atoms with Crippen LogP contribution in [0.5, 0.6) is 11.5 Å². The van der Waals surface area contributed by atoms with Crippen LogP contribution < -0.4 is 14.8 Å². The Balaban J connectivity index is 1.79. The van der Waals surface area contributed by atoms with Crippen molar-refractivity contribution in [1.29, 1.82) is 0 Å². The number of amides is 1. The summed E-state index contributed by atoms with van der Waals surface area (Å²) in [5.41, 5.74) is 4.93. The molecular formula is C25H30N2O3S. The maximum Gasteiger partial charge on any atom is 0.230 e. The third-order valence-electron chi connectivity index (χ3n) is 5.16. The lowest BCUT2D eigenvalue weighted by Gasteiger charge is -2.20. The minimum Gasteiger partial charge on any atom is -0.493 e. The van der Waals surface area contributed by atoms with Crippen LogP contribution in [0, 0.1) is 0 Å². The van der Waals surface area contributed by atoms with E-state index >= 15 is 0 Å². The van der Waals surface area contributed by atoms with Gasteiger partial charge in [0.15, 0.2) is 11.5 Å². The lowest BCUT2D eigenvalue weighted by molar-refractivity contribution is -0.115. The molecule has 0 atom stereocenters. The lowest BCUT2D eigenvalue weighted by Crippen LogP contribution is -2.18. The molecule has 0 spiro atoms. The molecule has 1 amide bonds. The minimum atomic E-state index is -0.0563. The predicted octanol–water partition coefficient (Wildman–Crippen LogP) is 6.26. The largest absolute Gasteiger partial charge is 0.493 e. The molecule has 3 aromatic rings. The summed E-state index contributed by atoms with van der Waals surface area (Å²) in [6.45, 7) is 8.58. The normalized spacial score (nSPS) is 11.1. The summed E-state index contributed by atoms with van der Waals surface area (Å²) < 4.78 is 10.7. The summed E-state index contributed by atoms with van der Waals surface area (Å²) >= 11 is 1.51. The van der Waals surface area contributed by atoms with Gasteiger partial charge in [-0.05, 0) is 41.2 Å². The fourth-order valence-corrected chi connectivity index (χ4v) is 4.35. The van der Waals surface area contributed by atoms with Gasteiger partial charge < -0.3 is 14.8 Å². The van der Waals surface area contributed by atoms with Crippen LogP contribution in [0.2, 0.25) is 0 Å². The molecule has 0 radical (unpaired) electrons. The fraction of sp³-hybridized carbons (Fsp3) is 0.360. The molecule has 31 heavy (non-hydrogen) atoms. The molecular weight excluding hydrogens is 408 g/mol. The molecule has 1 heterocycles. The van der Waals surface area contributed by atoms with Gasteiger partial charge in [-0.15, -0.1) is 11.3 Å². The van der Waals surface area contributed by atoms with E-state index in [0.717, 1.165) is 33.1 Å². The number of methoxy groups -OCH3 is 2. The molecule has 5 nitrogen and oxygen atoms in total. The molecule has 0 bridgehead atoms. The number of rotatable bonds is 8. The van der Waals surface area contributed by atoms with Crippen molar-refractivity contribution in [1.82, 2.24) is 4.98 Å². The molecule has 1 N–H and O–H groups in total. The van der Waals surface area contributed by atoms with Crippen molar-refractivity contribution in [3.8, 4) is 22.1 Å². The van der Waals surface area contributed by atoms with Crippen LogP contribution in [-0.2, 0) is 11.2 Å². The number of hydrogen-bond acceptors (Lipinski definition) is 5. The molecule has 1 aromatic heterocycles. The van der Waals surface area contributed by atoms with Crippen LogP contribution in [0.1, 0.15) is 56.4 Å². The SMILES string of the molecule is COc1ccc(-c2nc(CC(=O)Nc3c(C(C)C)cccc3C(C)C)cs2)cc1OC. The van der Waals surface area contributed by atoms with Crippen LogP contribution in [0.4, 0.5) is 5.69 Å². The first kappa shape index (κ1) is 22.8. The lowest BCUT2D eigenvalue weighted by atomic mass is 9.92. The molecule has 6 heteroatoms. The van der Waals surface area contributed by atoms with Gasteiger partial charge in [0.2, 0.25) is 5.91 Å². The van der Waals surface area contributed by atoms with Gasteiger partial charge in [-0.1, -0.05) is 45.9 Å². The molecule has 0 fully saturated rings. The number of aromatic nitrogens is 1. The molecule has 0 unspecified atom stereocenters. The van der Waals surface area contributed by atoms with E-state index in [-0.39, 0.29) is 12.3 Å². The van der Waals surface area contributed by atoms with Gasteiger partial charge in [0.05, 0.1) is 26.3 Å². The summed E-state index contributed by atoms with van der Waals surface area (Å²) in [7, 11) is 3.22. The maximum absolute atomic E-state index is 12.9. The van der Waals surface area contributed by atoms with Gasteiger partial charge in [-0.3, -0.25) is 4.79 Å². The Morgan fingerprint density at radius 2 is 1.65 bits per heavy atom. The van der Waals surface area contributed by atoms with Crippen LogP contribution >= 0.6 is 11.3 Å². The van der Waals surface area contributed by atoms with Crippen LogP contribution in [0.25, 0.3) is 10.6 Å². The Labute approximate surface area is 188 Å². The van der Waals surface area contributed by atoms with Crippen molar-refractivity contribution < 1.29 is 14.3 Å². The van der Waals surface area contributed by atoms with E-state index < -0.39 is 0 Å². The van der Waals surface area contributed by atoms with Crippen LogP contribution in [0.15, 0.2) is 41.8 Å². The van der Waals surface area contributed by atoms with E-state index in [1.165, 1.54) is 11.3 Å². The minimum absolute atomic E-state index is 0.0563. The Hall–Kier alpha value is -2.86. The molecule has 0 aliphatic carbocycles. The molecule has 0 aliphatic rings. The number of para-hydroxylation sites is 1. The van der Waals surface area contributed by atoms with E-state index in [2.05, 4.69) is 56.2 Å². The first-order chi connectivity index (χ1) is 14.8. The average molecular weight is 439 g/mol. The molecule has 0 saturated carbocycles. The summed E-state index contributed by atoms with van der Waals surface area (Å²) in [5.74, 6) is 1.92. The zero-order chi connectivity index (χ0) is 22.5. The first-order valence-corrected chi connectivity index (χ1v) is 11.3. The molecule has 0 saturated heterocycles. The highest BCUT2D eigenvalue weighted by Crippen LogP contribution is 2.34. The van der Waals surface area contributed by atoms with Crippen molar-refractivity contribution in [2.75, 3.05) is 19.5 Å². The Morgan fingerprint density at radius 3 is 2.23 bits per heavy atom. The second-order valence-corrected chi connectivity index (χ2v) is 8.92. The highest BCUT2D eigenvalue weighted by atomic mass is 32.1. The number of nitrogens with one attached hydrogen (secondary N) is 1. The van der Waals surface area contributed by atoms with E-state index in [0.29, 0.717) is 23.3 Å². The van der Waals surface area contributed by atoms with Gasteiger partial charge in [0.25, 0.3) is 0 Å². The molecule has 3 rings (SSSR count). The van der Waals surface area contributed by atoms with E-state index in [9.17, 15) is 4.79 Å². The number of ether oxygens (including phenoxy) is 2. The monoisotopic (exact) mass is 438 g/mol. The molecule has 0 aliphatic heterocycles. The predicted molar refractivity (Wildman–Crippen MR) is 128 cm³/mol. The van der Waals surface area contributed by atoms with Crippen molar-refractivity contribution in [2.45, 2.75) is 46.0 Å². The highest BCUT2D eigenvalue weighted by molar-refractivity contribution is 7.13. The standard InChI is InChI=1S/C25H30N2O3S/c1-15(2)19-8-7-9-20(16(3)4)24(19)27-23(28)13-18-14-31-25(26-18)17-10-11-21(29-5)22(12-17)30-6/h7-12,14-16H,13H2,1-6H3,(H,27,28). The second kappa shape index (κ2) is 9.96. The summed E-state index contributed by atoms with van der Waals surface area (Å²) in [5, 5.41) is 5.94. The summed E-state index contributed by atoms with van der Waals surface area (Å²) in [6, 6.07) is 11.9. The van der Waals surface area contributed by atoms with Gasteiger partial charge in [0, 0.05) is 16.6 Å². The molecule has 2 aromatic carbocycles. The number of hydrogen-bond donors (Lipinski definition) is 1. The Morgan fingerprint density at radius 1 is 1.00 bits per heavy atom. The zero-order valence-electron chi connectivity index (χ0n) is 19.0. The number of benzene rings is 2. The van der Waals surface area contributed by atoms with Gasteiger partial charge in [0.1, 0.15) is 5.01 Å². The number of anilines is 1. The summed E-state index contributed by atoms with van der Waals surface area (Å²) in [4.78, 5) is 17.5. The number of carbonyl (C=O) groups excluding carboxylic acids is 1. The van der Waals surface area contributed by atoms with Gasteiger partial charge >= 0.3 is 0 Å². The van der Waals surface area contributed by atoms with Crippen molar-refractivity contribution in [3.05, 3.63) is 58.6 Å². The van der Waals surface area contributed by atoms with E-state index in [1.54, 1.807) is 14.2 Å². The highest BCUT2D eigenvalue weighted by Gasteiger charge is 2.17. The Kier molecular flexibility index (Phi) is 7.33. The maximum atomic E-state index is 12.9. The van der Waals surface area contributed by atoms with E-state index in [1.807, 2.05) is 23.6 Å². The quantitative estimate of drug-likeness (QED) is 0.451. The Bertz CT molecular complexity index is 1030. The topological polar surface area (TPSA) is 60.5 Å². The van der Waals surface area contributed by atoms with Gasteiger partial charge in [-0.25, -0.2) is 4.98 Å². The van der Waals surface area contributed by atoms with Gasteiger partial charge in [-0.2, -0.15) is 0 Å². The van der Waals surface area contributed by atoms with Crippen molar-refractivity contribution in [2.24, 2.45) is 0 Å². The van der Waals surface area contributed by atoms with Crippen molar-refractivity contribution in [3.63, 3.8) is 0 Å². The van der Waals surface area contributed by atoms with Crippen LogP contribution in [-0.4, -0.2) is 25.1 Å². The first-order valence-electron chi connectivity index (χ1n) is 10.4. The smallest absolute Gasteiger partial charge is 0.230 e. The van der Waals surface area contributed by atoms with E-state index in [4.69, 9.17) is 9.47 Å². The van der Waals surface area contributed by atoms with Crippen LogP contribution in [0.3, 0.4) is 0 Å². The summed E-state index contributed by atoms with van der Waals surface area (Å²) in [6.07, 6.45) is 0.230. The number of carbonyl (C=O) groups is 1. The number of nitrogens with zero attached hydrogens (tertiary/aromatic N) is 1.